The molecule has 1 heterocycles. The van der Waals surface area contributed by atoms with Gasteiger partial charge in [0, 0.05) is 23.5 Å². The van der Waals surface area contributed by atoms with Crippen LogP contribution in [0.15, 0.2) is 78.0 Å². The molecule has 0 saturated carbocycles. The van der Waals surface area contributed by atoms with Gasteiger partial charge in [-0.3, -0.25) is 9.36 Å². The van der Waals surface area contributed by atoms with Crippen molar-refractivity contribution < 1.29 is 18.0 Å². The van der Waals surface area contributed by atoms with Crippen molar-refractivity contribution in [1.82, 2.24) is 20.1 Å². The molecular formula is C26H23F3N4OS. The fourth-order valence-corrected chi connectivity index (χ4v) is 4.65. The number of hydrogen-bond donors (Lipinski definition) is 1. The van der Waals surface area contributed by atoms with Gasteiger partial charge in [-0.15, -0.1) is 10.2 Å². The number of alkyl halides is 3. The molecule has 9 heteroatoms. The molecule has 0 aliphatic carbocycles. The van der Waals surface area contributed by atoms with Gasteiger partial charge < -0.3 is 5.32 Å². The van der Waals surface area contributed by atoms with Crippen molar-refractivity contribution in [3.63, 3.8) is 0 Å². The summed E-state index contributed by atoms with van der Waals surface area (Å²) in [4.78, 5) is 12.9. The lowest BCUT2D eigenvalue weighted by atomic mass is 10.1. The fraction of sp³-hybridized carbons (Fsp3) is 0.192. The quantitative estimate of drug-likeness (QED) is 0.313. The van der Waals surface area contributed by atoms with Crippen molar-refractivity contribution >= 4 is 17.7 Å². The van der Waals surface area contributed by atoms with E-state index >= 15 is 0 Å². The third kappa shape index (κ3) is 5.92. The molecule has 0 aliphatic rings. The number of aromatic nitrogens is 3. The standard InChI is InChI=1S/C26H23F3N4OS/c1-17-7-5-11-22(13-17)33-18(2)31-32-25(33)35-16-20-9-3-4-12-23(20)24(34)30-15-19-8-6-10-21(14-19)26(27,28)29/h3-14H,15-16H2,1-2H3,(H,30,34). The average Bonchev–Trinajstić information content (AvgIpc) is 3.21. The number of nitrogens with zero attached hydrogens (tertiary/aromatic N) is 3. The van der Waals surface area contributed by atoms with E-state index in [9.17, 15) is 18.0 Å². The van der Waals surface area contributed by atoms with Gasteiger partial charge in [-0.05, 0) is 60.9 Å². The summed E-state index contributed by atoms with van der Waals surface area (Å²) in [5, 5.41) is 11.9. The number of rotatable bonds is 7. The molecule has 4 aromatic rings. The number of thioether (sulfide) groups is 1. The second kappa shape index (κ2) is 10.4. The third-order valence-corrected chi connectivity index (χ3v) is 6.36. The Morgan fingerprint density at radius 1 is 0.971 bits per heavy atom. The van der Waals surface area contributed by atoms with Crippen LogP contribution in [-0.4, -0.2) is 20.7 Å². The minimum Gasteiger partial charge on any atom is -0.348 e. The first-order chi connectivity index (χ1) is 16.7. The molecule has 0 fully saturated rings. The zero-order valence-electron chi connectivity index (χ0n) is 19.1. The Balaban J connectivity index is 1.48. The normalized spacial score (nSPS) is 11.5. The number of aryl methyl sites for hydroxylation is 2. The third-order valence-electron chi connectivity index (χ3n) is 5.38. The van der Waals surface area contributed by atoms with Gasteiger partial charge in [-0.1, -0.05) is 54.2 Å². The molecule has 0 radical (unpaired) electrons. The molecule has 4 rings (SSSR count). The van der Waals surface area contributed by atoms with Gasteiger partial charge in [0.05, 0.1) is 5.56 Å². The first-order valence-electron chi connectivity index (χ1n) is 10.9. The van der Waals surface area contributed by atoms with Gasteiger partial charge in [0.2, 0.25) is 0 Å². The molecule has 3 aromatic carbocycles. The molecule has 1 amide bonds. The van der Waals surface area contributed by atoms with Crippen molar-refractivity contribution in [2.24, 2.45) is 0 Å². The summed E-state index contributed by atoms with van der Waals surface area (Å²) in [5.74, 6) is 0.872. The first kappa shape index (κ1) is 24.5. The van der Waals surface area contributed by atoms with E-state index < -0.39 is 11.7 Å². The summed E-state index contributed by atoms with van der Waals surface area (Å²) >= 11 is 1.46. The number of benzene rings is 3. The zero-order valence-corrected chi connectivity index (χ0v) is 20.0. The maximum Gasteiger partial charge on any atom is 0.416 e. The lowest BCUT2D eigenvalue weighted by molar-refractivity contribution is -0.137. The summed E-state index contributed by atoms with van der Waals surface area (Å²) < 4.78 is 40.9. The van der Waals surface area contributed by atoms with Crippen LogP contribution in [0.3, 0.4) is 0 Å². The Bertz CT molecular complexity index is 1350. The molecule has 0 spiro atoms. The van der Waals surface area contributed by atoms with Crippen molar-refractivity contribution in [1.29, 1.82) is 0 Å². The molecule has 5 nitrogen and oxygen atoms in total. The lowest BCUT2D eigenvalue weighted by Crippen LogP contribution is -2.24. The fourth-order valence-electron chi connectivity index (χ4n) is 3.65. The van der Waals surface area contributed by atoms with E-state index in [1.54, 1.807) is 18.2 Å². The van der Waals surface area contributed by atoms with Crippen LogP contribution in [0, 0.1) is 13.8 Å². The Kier molecular flexibility index (Phi) is 7.25. The van der Waals surface area contributed by atoms with E-state index in [1.165, 1.54) is 17.8 Å². The first-order valence-corrected chi connectivity index (χ1v) is 11.8. The number of carbonyl (C=O) groups is 1. The Labute approximate surface area is 205 Å². The van der Waals surface area contributed by atoms with Crippen molar-refractivity contribution in [3.05, 3.63) is 106 Å². The molecule has 0 unspecified atom stereocenters. The van der Waals surface area contributed by atoms with Gasteiger partial charge in [0.1, 0.15) is 5.82 Å². The number of hydrogen-bond acceptors (Lipinski definition) is 4. The molecule has 1 N–H and O–H groups in total. The zero-order chi connectivity index (χ0) is 25.0. The summed E-state index contributed by atoms with van der Waals surface area (Å²) in [6, 6.07) is 20.1. The lowest BCUT2D eigenvalue weighted by Gasteiger charge is -2.12. The van der Waals surface area contributed by atoms with Gasteiger partial charge in [0.25, 0.3) is 5.91 Å². The van der Waals surface area contributed by atoms with Crippen LogP contribution >= 0.6 is 11.8 Å². The van der Waals surface area contributed by atoms with E-state index in [4.69, 9.17) is 0 Å². The summed E-state index contributed by atoms with van der Waals surface area (Å²) in [5.41, 5.74) is 2.97. The van der Waals surface area contributed by atoms with Crippen LogP contribution in [0.2, 0.25) is 0 Å². The van der Waals surface area contributed by atoms with Crippen LogP contribution in [0.4, 0.5) is 13.2 Å². The van der Waals surface area contributed by atoms with E-state index in [0.717, 1.165) is 34.8 Å². The molecule has 0 saturated heterocycles. The summed E-state index contributed by atoms with van der Waals surface area (Å²) in [7, 11) is 0. The van der Waals surface area contributed by atoms with Crippen molar-refractivity contribution in [2.75, 3.05) is 0 Å². The highest BCUT2D eigenvalue weighted by Gasteiger charge is 2.30. The monoisotopic (exact) mass is 496 g/mol. The van der Waals surface area contributed by atoms with Crippen molar-refractivity contribution in [3.8, 4) is 5.69 Å². The van der Waals surface area contributed by atoms with E-state index in [2.05, 4.69) is 21.6 Å². The highest BCUT2D eigenvalue weighted by Crippen LogP contribution is 2.30. The SMILES string of the molecule is Cc1cccc(-n2c(C)nnc2SCc2ccccc2C(=O)NCc2cccc(C(F)(F)F)c2)c1. The smallest absolute Gasteiger partial charge is 0.348 e. The molecule has 1 aromatic heterocycles. The van der Waals surface area contributed by atoms with Gasteiger partial charge >= 0.3 is 6.18 Å². The second-order valence-corrected chi connectivity index (χ2v) is 8.97. The maximum absolute atomic E-state index is 13.0. The van der Waals surface area contributed by atoms with E-state index in [-0.39, 0.29) is 12.5 Å². The van der Waals surface area contributed by atoms with Crippen LogP contribution in [0.1, 0.15) is 38.4 Å². The van der Waals surface area contributed by atoms with Crippen LogP contribution in [0.25, 0.3) is 5.69 Å². The van der Waals surface area contributed by atoms with Crippen LogP contribution in [-0.2, 0) is 18.5 Å². The van der Waals surface area contributed by atoms with Gasteiger partial charge in [-0.25, -0.2) is 0 Å². The predicted molar refractivity (Wildman–Crippen MR) is 129 cm³/mol. The highest BCUT2D eigenvalue weighted by atomic mass is 32.2. The Morgan fingerprint density at radius 2 is 1.74 bits per heavy atom. The van der Waals surface area contributed by atoms with Crippen LogP contribution in [0.5, 0.6) is 0 Å². The van der Waals surface area contributed by atoms with E-state index in [1.807, 2.05) is 48.7 Å². The summed E-state index contributed by atoms with van der Waals surface area (Å²) in [6.45, 7) is 3.89. The number of nitrogens with one attached hydrogen (secondary N) is 1. The molecule has 0 bridgehead atoms. The average molecular weight is 497 g/mol. The predicted octanol–water partition coefficient (Wildman–Crippen LogP) is 6.13. The molecule has 0 aliphatic heterocycles. The highest BCUT2D eigenvalue weighted by molar-refractivity contribution is 7.98. The molecule has 180 valence electrons. The molecule has 0 atom stereocenters. The molecular weight excluding hydrogens is 473 g/mol. The number of halogens is 3. The minimum atomic E-state index is -4.43. The van der Waals surface area contributed by atoms with Gasteiger partial charge in [-0.2, -0.15) is 13.2 Å². The number of amides is 1. The molecule has 35 heavy (non-hydrogen) atoms. The Hall–Kier alpha value is -3.59. The van der Waals surface area contributed by atoms with Crippen LogP contribution < -0.4 is 5.32 Å². The summed E-state index contributed by atoms with van der Waals surface area (Å²) in [6.07, 6.45) is -4.43. The van der Waals surface area contributed by atoms with E-state index in [0.29, 0.717) is 22.0 Å². The maximum atomic E-state index is 13.0. The Morgan fingerprint density at radius 3 is 2.51 bits per heavy atom. The second-order valence-electron chi connectivity index (χ2n) is 8.03. The number of carbonyl (C=O) groups excluding carboxylic acids is 1. The largest absolute Gasteiger partial charge is 0.416 e. The topological polar surface area (TPSA) is 59.8 Å². The minimum absolute atomic E-state index is 0.00882. The van der Waals surface area contributed by atoms with Gasteiger partial charge in [0.15, 0.2) is 5.16 Å². The van der Waals surface area contributed by atoms with Crippen molar-refractivity contribution in [2.45, 2.75) is 37.5 Å².